The van der Waals surface area contributed by atoms with Crippen molar-refractivity contribution in [2.45, 2.75) is 26.4 Å². The van der Waals surface area contributed by atoms with E-state index in [1.54, 1.807) is 24.3 Å². The first kappa shape index (κ1) is 15.7. The average Bonchev–Trinajstić information content (AvgIpc) is 2.87. The van der Waals surface area contributed by atoms with Crippen molar-refractivity contribution < 1.29 is 14.3 Å². The Morgan fingerprint density at radius 2 is 2.17 bits per heavy atom. The fraction of sp³-hybridized carbons (Fsp3) is 0.278. The van der Waals surface area contributed by atoms with Gasteiger partial charge >= 0.3 is 0 Å². The van der Waals surface area contributed by atoms with E-state index in [4.69, 9.17) is 21.1 Å². The van der Waals surface area contributed by atoms with Crippen LogP contribution < -0.4 is 14.8 Å². The van der Waals surface area contributed by atoms with Crippen molar-refractivity contribution in [3.63, 3.8) is 0 Å². The summed E-state index contributed by atoms with van der Waals surface area (Å²) >= 11 is 6.08. The number of rotatable bonds is 4. The van der Waals surface area contributed by atoms with E-state index < -0.39 is 0 Å². The van der Waals surface area contributed by atoms with Crippen molar-refractivity contribution in [2.24, 2.45) is 0 Å². The predicted octanol–water partition coefficient (Wildman–Crippen LogP) is 4.31. The van der Waals surface area contributed by atoms with Gasteiger partial charge in [0.15, 0.2) is 0 Å². The zero-order chi connectivity index (χ0) is 16.4. The summed E-state index contributed by atoms with van der Waals surface area (Å²) in [5, 5.41) is 3.28. The topological polar surface area (TPSA) is 47.6 Å². The molecule has 0 spiro atoms. The number of halogens is 1. The van der Waals surface area contributed by atoms with Crippen molar-refractivity contribution in [3.05, 3.63) is 52.5 Å². The Hall–Kier alpha value is -2.20. The third-order valence-electron chi connectivity index (χ3n) is 3.66. The quantitative estimate of drug-likeness (QED) is 0.907. The van der Waals surface area contributed by atoms with Crippen LogP contribution in [-0.2, 0) is 6.42 Å². The second-order valence-electron chi connectivity index (χ2n) is 5.46. The van der Waals surface area contributed by atoms with Crippen molar-refractivity contribution in [2.75, 3.05) is 11.9 Å². The lowest BCUT2D eigenvalue weighted by Gasteiger charge is -2.14. The number of amides is 1. The summed E-state index contributed by atoms with van der Waals surface area (Å²) in [4.78, 5) is 12.5. The Bertz CT molecular complexity index is 745. The number of carbonyl (C=O) groups is 1. The van der Waals surface area contributed by atoms with Crippen LogP contribution in [0.4, 0.5) is 5.69 Å². The summed E-state index contributed by atoms with van der Waals surface area (Å²) in [5.41, 5.74) is 2.10. The van der Waals surface area contributed by atoms with Gasteiger partial charge in [0.1, 0.15) is 17.6 Å². The predicted molar refractivity (Wildman–Crippen MR) is 90.8 cm³/mol. The summed E-state index contributed by atoms with van der Waals surface area (Å²) in [5.74, 6) is 1.15. The Balaban J connectivity index is 1.91. The maximum absolute atomic E-state index is 12.5. The lowest BCUT2D eigenvalue weighted by atomic mass is 10.1. The summed E-state index contributed by atoms with van der Waals surface area (Å²) in [6.07, 6.45) is 0.975. The fourth-order valence-electron chi connectivity index (χ4n) is 2.65. The van der Waals surface area contributed by atoms with Crippen LogP contribution in [0.5, 0.6) is 11.5 Å². The first-order chi connectivity index (χ1) is 11.1. The number of hydrogen-bond acceptors (Lipinski definition) is 3. The Labute approximate surface area is 140 Å². The standard InChI is InChI=1S/C18H18ClNO3/c1-3-22-17-9-12-8-11(2)23-16(12)10-15(17)20-18(21)13-6-4-5-7-14(13)19/h4-7,9-11H,3,8H2,1-2H3,(H,20,21)/t11-/m0/s1. The van der Waals surface area contributed by atoms with Gasteiger partial charge in [0, 0.05) is 18.1 Å². The fourth-order valence-corrected chi connectivity index (χ4v) is 2.87. The van der Waals surface area contributed by atoms with Gasteiger partial charge in [0.2, 0.25) is 0 Å². The first-order valence-corrected chi connectivity index (χ1v) is 7.98. The van der Waals surface area contributed by atoms with E-state index in [-0.39, 0.29) is 12.0 Å². The molecule has 3 rings (SSSR count). The molecule has 1 N–H and O–H groups in total. The number of fused-ring (bicyclic) bond motifs is 1. The molecule has 0 fully saturated rings. The van der Waals surface area contributed by atoms with E-state index in [1.807, 2.05) is 26.0 Å². The van der Waals surface area contributed by atoms with Gasteiger partial charge in [-0.05, 0) is 32.0 Å². The summed E-state index contributed by atoms with van der Waals surface area (Å²) in [7, 11) is 0. The zero-order valence-corrected chi connectivity index (χ0v) is 13.8. The Kier molecular flexibility index (Phi) is 4.44. The van der Waals surface area contributed by atoms with Crippen molar-refractivity contribution in [1.82, 2.24) is 0 Å². The molecule has 2 aromatic carbocycles. The van der Waals surface area contributed by atoms with Crippen LogP contribution in [0, 0.1) is 0 Å². The summed E-state index contributed by atoms with van der Waals surface area (Å²) in [6.45, 7) is 4.44. The van der Waals surface area contributed by atoms with Crippen LogP contribution in [-0.4, -0.2) is 18.6 Å². The second-order valence-corrected chi connectivity index (χ2v) is 5.86. The molecule has 0 radical (unpaired) electrons. The number of hydrogen-bond donors (Lipinski definition) is 1. The number of carbonyl (C=O) groups excluding carboxylic acids is 1. The molecule has 1 atom stereocenters. The van der Waals surface area contributed by atoms with E-state index in [0.717, 1.165) is 17.7 Å². The van der Waals surface area contributed by atoms with E-state index in [0.29, 0.717) is 28.6 Å². The largest absolute Gasteiger partial charge is 0.492 e. The van der Waals surface area contributed by atoms with Crippen LogP contribution in [0.1, 0.15) is 29.8 Å². The SMILES string of the molecule is CCOc1cc2c(cc1NC(=O)c1ccccc1Cl)O[C@@H](C)C2. The molecule has 23 heavy (non-hydrogen) atoms. The molecule has 4 nitrogen and oxygen atoms in total. The third-order valence-corrected chi connectivity index (χ3v) is 3.99. The van der Waals surface area contributed by atoms with E-state index >= 15 is 0 Å². The molecule has 0 bridgehead atoms. The second kappa shape index (κ2) is 6.50. The van der Waals surface area contributed by atoms with Gasteiger partial charge in [-0.2, -0.15) is 0 Å². The van der Waals surface area contributed by atoms with Gasteiger partial charge < -0.3 is 14.8 Å². The molecule has 0 unspecified atom stereocenters. The van der Waals surface area contributed by atoms with Gasteiger partial charge in [0.05, 0.1) is 22.9 Å². The average molecular weight is 332 g/mol. The monoisotopic (exact) mass is 331 g/mol. The number of anilines is 1. The molecule has 120 valence electrons. The van der Waals surface area contributed by atoms with Gasteiger partial charge in [0.25, 0.3) is 5.91 Å². The van der Waals surface area contributed by atoms with Crippen LogP contribution in [0.15, 0.2) is 36.4 Å². The van der Waals surface area contributed by atoms with Crippen molar-refractivity contribution in [1.29, 1.82) is 0 Å². The minimum absolute atomic E-state index is 0.133. The van der Waals surface area contributed by atoms with Crippen LogP contribution in [0.2, 0.25) is 5.02 Å². The molecule has 5 heteroatoms. The summed E-state index contributed by atoms with van der Waals surface area (Å²) in [6, 6.07) is 10.7. The molecular weight excluding hydrogens is 314 g/mol. The normalized spacial score (nSPS) is 15.7. The van der Waals surface area contributed by atoms with E-state index in [1.165, 1.54) is 0 Å². The van der Waals surface area contributed by atoms with E-state index in [2.05, 4.69) is 5.32 Å². The Morgan fingerprint density at radius 1 is 1.39 bits per heavy atom. The highest BCUT2D eigenvalue weighted by Gasteiger charge is 2.23. The van der Waals surface area contributed by atoms with Crippen LogP contribution in [0.25, 0.3) is 0 Å². The maximum atomic E-state index is 12.5. The minimum Gasteiger partial charge on any atom is -0.492 e. The van der Waals surface area contributed by atoms with E-state index in [9.17, 15) is 4.79 Å². The van der Waals surface area contributed by atoms with Gasteiger partial charge in [-0.15, -0.1) is 0 Å². The number of ether oxygens (including phenoxy) is 2. The third kappa shape index (κ3) is 3.27. The van der Waals surface area contributed by atoms with Crippen molar-refractivity contribution >= 4 is 23.2 Å². The highest BCUT2D eigenvalue weighted by atomic mass is 35.5. The molecule has 1 amide bonds. The molecule has 0 saturated carbocycles. The molecule has 0 aromatic heterocycles. The van der Waals surface area contributed by atoms with Crippen LogP contribution in [0.3, 0.4) is 0 Å². The van der Waals surface area contributed by atoms with Crippen molar-refractivity contribution in [3.8, 4) is 11.5 Å². The highest BCUT2D eigenvalue weighted by Crippen LogP contribution is 2.38. The number of benzene rings is 2. The molecule has 2 aromatic rings. The lowest BCUT2D eigenvalue weighted by molar-refractivity contribution is 0.102. The van der Waals surface area contributed by atoms with Gasteiger partial charge in [-0.25, -0.2) is 0 Å². The van der Waals surface area contributed by atoms with Crippen LogP contribution >= 0.6 is 11.6 Å². The van der Waals surface area contributed by atoms with Gasteiger partial charge in [-0.3, -0.25) is 4.79 Å². The zero-order valence-electron chi connectivity index (χ0n) is 13.1. The molecule has 0 aliphatic carbocycles. The molecular formula is C18H18ClNO3. The minimum atomic E-state index is -0.275. The lowest BCUT2D eigenvalue weighted by Crippen LogP contribution is -2.13. The smallest absolute Gasteiger partial charge is 0.257 e. The Morgan fingerprint density at radius 3 is 2.91 bits per heavy atom. The van der Waals surface area contributed by atoms with Gasteiger partial charge in [-0.1, -0.05) is 23.7 Å². The molecule has 1 aliphatic rings. The number of nitrogens with one attached hydrogen (secondary N) is 1. The highest BCUT2D eigenvalue weighted by molar-refractivity contribution is 6.34. The molecule has 1 heterocycles. The molecule has 0 saturated heterocycles. The summed E-state index contributed by atoms with van der Waals surface area (Å²) < 4.78 is 11.4. The molecule has 1 aliphatic heterocycles. The first-order valence-electron chi connectivity index (χ1n) is 7.60. The maximum Gasteiger partial charge on any atom is 0.257 e.